The van der Waals surface area contributed by atoms with Crippen molar-refractivity contribution in [2.24, 2.45) is 0 Å². The number of halogens is 1. The van der Waals surface area contributed by atoms with Crippen LogP contribution in [0.4, 0.5) is 0 Å². The fourth-order valence-electron chi connectivity index (χ4n) is 2.66. The number of hydrogen-bond donors (Lipinski definition) is 1. The minimum absolute atomic E-state index is 0. The Labute approximate surface area is 115 Å². The van der Waals surface area contributed by atoms with Crippen molar-refractivity contribution in [2.75, 3.05) is 20.8 Å². The first kappa shape index (κ1) is 15.1. The van der Waals surface area contributed by atoms with Gasteiger partial charge in [-0.15, -0.1) is 12.4 Å². The molecule has 0 heterocycles. The van der Waals surface area contributed by atoms with E-state index in [0.29, 0.717) is 6.04 Å². The van der Waals surface area contributed by atoms with Crippen LogP contribution >= 0.6 is 12.4 Å². The third-order valence-electron chi connectivity index (χ3n) is 3.47. The van der Waals surface area contributed by atoms with Gasteiger partial charge in [-0.05, 0) is 37.9 Å². The first-order valence-corrected chi connectivity index (χ1v) is 6.26. The summed E-state index contributed by atoms with van der Waals surface area (Å²) in [6.07, 6.45) is 3.27. The quantitative estimate of drug-likeness (QED) is 0.913. The Kier molecular flexibility index (Phi) is 5.76. The molecule has 0 aromatic heterocycles. The van der Waals surface area contributed by atoms with E-state index in [9.17, 15) is 0 Å². The van der Waals surface area contributed by atoms with Gasteiger partial charge in [0.25, 0.3) is 0 Å². The van der Waals surface area contributed by atoms with E-state index in [1.54, 1.807) is 14.2 Å². The first-order valence-electron chi connectivity index (χ1n) is 6.26. The summed E-state index contributed by atoms with van der Waals surface area (Å²) < 4.78 is 10.9. The van der Waals surface area contributed by atoms with E-state index in [-0.39, 0.29) is 12.4 Å². The highest BCUT2D eigenvalue weighted by molar-refractivity contribution is 5.85. The average molecular weight is 272 g/mol. The van der Waals surface area contributed by atoms with Crippen LogP contribution in [0.15, 0.2) is 12.1 Å². The molecule has 0 fully saturated rings. The minimum Gasteiger partial charge on any atom is -0.496 e. The molecule has 1 atom stereocenters. The molecule has 0 saturated carbocycles. The Bertz CT molecular complexity index is 396. The maximum absolute atomic E-state index is 5.46. The molecule has 2 rings (SSSR count). The van der Waals surface area contributed by atoms with Crippen LogP contribution in [-0.4, -0.2) is 26.8 Å². The van der Waals surface area contributed by atoms with Gasteiger partial charge in [0.05, 0.1) is 14.2 Å². The monoisotopic (exact) mass is 271 g/mol. The van der Waals surface area contributed by atoms with Gasteiger partial charge in [0.15, 0.2) is 0 Å². The summed E-state index contributed by atoms with van der Waals surface area (Å²) in [6.45, 7) is 3.17. The van der Waals surface area contributed by atoms with Gasteiger partial charge in [0.1, 0.15) is 11.5 Å². The second-order valence-corrected chi connectivity index (χ2v) is 4.42. The Morgan fingerprint density at radius 3 is 2.33 bits per heavy atom. The second kappa shape index (κ2) is 6.86. The molecule has 3 nitrogen and oxygen atoms in total. The summed E-state index contributed by atoms with van der Waals surface area (Å²) in [5.41, 5.74) is 2.63. The fourth-order valence-corrected chi connectivity index (χ4v) is 2.66. The van der Waals surface area contributed by atoms with Crippen LogP contribution in [0.1, 0.15) is 24.5 Å². The van der Waals surface area contributed by atoms with Crippen LogP contribution in [0.2, 0.25) is 0 Å². The topological polar surface area (TPSA) is 30.5 Å². The zero-order valence-corrected chi connectivity index (χ0v) is 12.1. The Morgan fingerprint density at radius 2 is 1.78 bits per heavy atom. The number of rotatable bonds is 4. The molecule has 0 aliphatic heterocycles. The fraction of sp³-hybridized carbons (Fsp3) is 0.571. The van der Waals surface area contributed by atoms with E-state index < -0.39 is 0 Å². The predicted octanol–water partition coefficient (Wildman–Crippen LogP) is 2.59. The van der Waals surface area contributed by atoms with Crippen LogP contribution < -0.4 is 14.8 Å². The second-order valence-electron chi connectivity index (χ2n) is 4.42. The largest absolute Gasteiger partial charge is 0.496 e. The van der Waals surface area contributed by atoms with Crippen molar-refractivity contribution in [3.05, 3.63) is 23.3 Å². The average Bonchev–Trinajstić information content (AvgIpc) is 2.37. The highest BCUT2D eigenvalue weighted by Gasteiger charge is 2.23. The molecular formula is C14H22ClNO2. The van der Waals surface area contributed by atoms with Crippen LogP contribution in [0.25, 0.3) is 0 Å². The number of hydrogen-bond acceptors (Lipinski definition) is 3. The Morgan fingerprint density at radius 1 is 1.17 bits per heavy atom. The van der Waals surface area contributed by atoms with Crippen molar-refractivity contribution in [2.45, 2.75) is 32.2 Å². The first-order chi connectivity index (χ1) is 8.30. The molecule has 0 bridgehead atoms. The summed E-state index contributed by atoms with van der Waals surface area (Å²) in [7, 11) is 3.47. The Hall–Kier alpha value is -0.930. The SMILES string of the molecule is CCNC1CCc2c(OC)ccc(OC)c2C1.Cl. The van der Waals surface area contributed by atoms with Gasteiger partial charge >= 0.3 is 0 Å². The maximum Gasteiger partial charge on any atom is 0.122 e. The van der Waals surface area contributed by atoms with Gasteiger partial charge in [-0.2, -0.15) is 0 Å². The number of likely N-dealkylation sites (N-methyl/N-ethyl adjacent to an activating group) is 1. The molecule has 1 unspecified atom stereocenters. The molecule has 4 heteroatoms. The van der Waals surface area contributed by atoms with Gasteiger partial charge < -0.3 is 14.8 Å². The number of methoxy groups -OCH3 is 2. The van der Waals surface area contributed by atoms with Crippen LogP contribution in [-0.2, 0) is 12.8 Å². The third-order valence-corrected chi connectivity index (χ3v) is 3.47. The summed E-state index contributed by atoms with van der Waals surface area (Å²) in [4.78, 5) is 0. The van der Waals surface area contributed by atoms with Crippen LogP contribution in [0.3, 0.4) is 0 Å². The zero-order chi connectivity index (χ0) is 12.3. The van der Waals surface area contributed by atoms with Crippen molar-refractivity contribution < 1.29 is 9.47 Å². The lowest BCUT2D eigenvalue weighted by Gasteiger charge is -2.27. The highest BCUT2D eigenvalue weighted by Crippen LogP contribution is 2.35. The molecule has 1 aromatic rings. The zero-order valence-electron chi connectivity index (χ0n) is 11.3. The normalized spacial score (nSPS) is 17.6. The molecule has 0 saturated heterocycles. The van der Waals surface area contributed by atoms with E-state index in [0.717, 1.165) is 30.9 Å². The van der Waals surface area contributed by atoms with Gasteiger partial charge in [-0.1, -0.05) is 6.92 Å². The van der Waals surface area contributed by atoms with E-state index in [2.05, 4.69) is 12.2 Å². The molecule has 0 amide bonds. The lowest BCUT2D eigenvalue weighted by atomic mass is 9.87. The number of benzene rings is 1. The van der Waals surface area contributed by atoms with Gasteiger partial charge in [-0.3, -0.25) is 0 Å². The molecule has 1 aliphatic rings. The van der Waals surface area contributed by atoms with Crippen molar-refractivity contribution in [3.63, 3.8) is 0 Å². The van der Waals surface area contributed by atoms with E-state index in [1.807, 2.05) is 12.1 Å². The third kappa shape index (κ3) is 2.90. The van der Waals surface area contributed by atoms with Crippen LogP contribution in [0.5, 0.6) is 11.5 Å². The standard InChI is InChI=1S/C14H21NO2.ClH/c1-4-15-10-5-6-11-12(9-10)14(17-3)8-7-13(11)16-2;/h7-8,10,15H,4-6,9H2,1-3H3;1H. The predicted molar refractivity (Wildman–Crippen MR) is 76.3 cm³/mol. The van der Waals surface area contributed by atoms with E-state index in [4.69, 9.17) is 9.47 Å². The molecule has 1 aromatic carbocycles. The van der Waals surface area contributed by atoms with Crippen molar-refractivity contribution in [1.82, 2.24) is 5.32 Å². The van der Waals surface area contributed by atoms with Gasteiger partial charge in [-0.25, -0.2) is 0 Å². The summed E-state index contributed by atoms with van der Waals surface area (Å²) in [5, 5.41) is 3.52. The lowest BCUT2D eigenvalue weighted by Crippen LogP contribution is -2.34. The molecule has 18 heavy (non-hydrogen) atoms. The molecule has 1 N–H and O–H groups in total. The molecule has 102 valence electrons. The molecule has 0 radical (unpaired) electrons. The van der Waals surface area contributed by atoms with Gasteiger partial charge in [0.2, 0.25) is 0 Å². The number of ether oxygens (including phenoxy) is 2. The summed E-state index contributed by atoms with van der Waals surface area (Å²) >= 11 is 0. The molecule has 0 spiro atoms. The van der Waals surface area contributed by atoms with Gasteiger partial charge in [0, 0.05) is 17.2 Å². The van der Waals surface area contributed by atoms with Crippen molar-refractivity contribution in [1.29, 1.82) is 0 Å². The minimum atomic E-state index is 0. The van der Waals surface area contributed by atoms with E-state index in [1.165, 1.54) is 17.5 Å². The molecular weight excluding hydrogens is 250 g/mol. The lowest BCUT2D eigenvalue weighted by molar-refractivity contribution is 0.377. The molecule has 1 aliphatic carbocycles. The smallest absolute Gasteiger partial charge is 0.122 e. The Balaban J connectivity index is 0.00000162. The van der Waals surface area contributed by atoms with E-state index >= 15 is 0 Å². The van der Waals surface area contributed by atoms with Crippen molar-refractivity contribution >= 4 is 12.4 Å². The van der Waals surface area contributed by atoms with Crippen molar-refractivity contribution in [3.8, 4) is 11.5 Å². The number of nitrogens with one attached hydrogen (secondary N) is 1. The maximum atomic E-state index is 5.46. The summed E-state index contributed by atoms with van der Waals surface area (Å²) in [6, 6.07) is 4.57. The summed E-state index contributed by atoms with van der Waals surface area (Å²) in [5.74, 6) is 1.99. The highest BCUT2D eigenvalue weighted by atomic mass is 35.5. The van der Waals surface area contributed by atoms with Crippen LogP contribution in [0, 0.1) is 0 Å². The number of fused-ring (bicyclic) bond motifs is 1.